The molecule has 148 valence electrons. The molecule has 0 unspecified atom stereocenters. The second kappa shape index (κ2) is 9.58. The molecule has 0 aromatic heterocycles. The molecule has 0 bridgehead atoms. The Labute approximate surface area is 158 Å². The van der Waals surface area contributed by atoms with Crippen molar-refractivity contribution in [3.05, 3.63) is 0 Å². The first kappa shape index (κ1) is 19.5. The fraction of sp³-hybridized carbons (Fsp3) is 0.900. The maximum Gasteiger partial charge on any atom is 0.220 e. The van der Waals surface area contributed by atoms with E-state index in [1.165, 1.54) is 32.2 Å². The number of carbonyl (C=O) groups excluding carboxylic acids is 1. The van der Waals surface area contributed by atoms with Crippen molar-refractivity contribution in [1.29, 1.82) is 0 Å². The van der Waals surface area contributed by atoms with Crippen LogP contribution < -0.4 is 10.6 Å². The summed E-state index contributed by atoms with van der Waals surface area (Å²) in [4.78, 5) is 21.6. The number of hydrogen-bond donors (Lipinski definition) is 2. The van der Waals surface area contributed by atoms with Crippen LogP contribution in [0.15, 0.2) is 4.99 Å². The van der Waals surface area contributed by atoms with Crippen molar-refractivity contribution in [3.8, 4) is 0 Å². The summed E-state index contributed by atoms with van der Waals surface area (Å²) in [6.07, 6.45) is 8.45. The Morgan fingerprint density at radius 1 is 1.12 bits per heavy atom. The molecule has 1 saturated heterocycles. The molecule has 1 amide bonds. The lowest BCUT2D eigenvalue weighted by atomic mass is 9.93. The third kappa shape index (κ3) is 6.15. The van der Waals surface area contributed by atoms with E-state index in [4.69, 9.17) is 4.99 Å². The molecule has 2 N–H and O–H groups in total. The number of guanidine groups is 1. The lowest BCUT2D eigenvalue weighted by Gasteiger charge is -2.34. The van der Waals surface area contributed by atoms with Gasteiger partial charge in [-0.25, -0.2) is 0 Å². The van der Waals surface area contributed by atoms with Crippen LogP contribution in [0.1, 0.15) is 51.9 Å². The Morgan fingerprint density at radius 2 is 1.85 bits per heavy atom. The predicted octanol–water partition coefficient (Wildman–Crippen LogP) is 1.67. The Hall–Kier alpha value is -1.30. The summed E-state index contributed by atoms with van der Waals surface area (Å²) in [7, 11) is 1.72. The summed E-state index contributed by atoms with van der Waals surface area (Å²) < 4.78 is 0. The second-order valence-corrected chi connectivity index (χ2v) is 8.21. The van der Waals surface area contributed by atoms with Crippen LogP contribution in [-0.4, -0.2) is 74.0 Å². The fourth-order valence-corrected chi connectivity index (χ4v) is 3.92. The molecule has 0 aromatic carbocycles. The van der Waals surface area contributed by atoms with E-state index in [0.29, 0.717) is 12.3 Å². The van der Waals surface area contributed by atoms with Crippen molar-refractivity contribution in [2.75, 3.05) is 46.3 Å². The van der Waals surface area contributed by atoms with Crippen molar-refractivity contribution < 1.29 is 4.79 Å². The van der Waals surface area contributed by atoms with E-state index in [1.807, 2.05) is 0 Å². The Morgan fingerprint density at radius 3 is 2.42 bits per heavy atom. The first-order valence-corrected chi connectivity index (χ1v) is 10.7. The van der Waals surface area contributed by atoms with Gasteiger partial charge in [0.2, 0.25) is 5.91 Å². The zero-order chi connectivity index (χ0) is 18.4. The molecule has 0 spiro atoms. The SMILES string of the molecule is CCNC(=NCCN(CC1CC1)C1CC1)N1CCC(CC(=O)NC)CC1. The lowest BCUT2D eigenvalue weighted by molar-refractivity contribution is -0.121. The fourth-order valence-electron chi connectivity index (χ4n) is 3.92. The topological polar surface area (TPSA) is 60.0 Å². The molecule has 1 aliphatic heterocycles. The number of hydrogen-bond acceptors (Lipinski definition) is 3. The largest absolute Gasteiger partial charge is 0.359 e. The van der Waals surface area contributed by atoms with Gasteiger partial charge in [-0.3, -0.25) is 14.7 Å². The Bertz CT molecular complexity index is 479. The standard InChI is InChI=1S/C20H37N5O/c1-3-22-20(24-11-8-16(9-12-24)14-19(26)21-2)23-10-13-25(18-6-7-18)15-17-4-5-17/h16-18H,3-15H2,1-2H3,(H,21,26)(H,22,23). The van der Waals surface area contributed by atoms with Gasteiger partial charge in [0.05, 0.1) is 6.54 Å². The smallest absolute Gasteiger partial charge is 0.220 e. The average Bonchev–Trinajstić information content (AvgIpc) is 3.54. The van der Waals surface area contributed by atoms with Gasteiger partial charge in [0.1, 0.15) is 0 Å². The summed E-state index contributed by atoms with van der Waals surface area (Å²) in [5.41, 5.74) is 0. The summed E-state index contributed by atoms with van der Waals surface area (Å²) in [5.74, 6) is 2.71. The Kier molecular flexibility index (Phi) is 7.17. The molecular weight excluding hydrogens is 326 g/mol. The normalized spacial score (nSPS) is 22.0. The number of rotatable bonds is 9. The monoisotopic (exact) mass is 363 g/mol. The van der Waals surface area contributed by atoms with Gasteiger partial charge in [0.15, 0.2) is 5.96 Å². The quantitative estimate of drug-likeness (QED) is 0.483. The number of likely N-dealkylation sites (tertiary alicyclic amines) is 1. The summed E-state index contributed by atoms with van der Waals surface area (Å²) in [6.45, 7) is 8.33. The molecule has 3 fully saturated rings. The van der Waals surface area contributed by atoms with E-state index < -0.39 is 0 Å². The molecule has 3 aliphatic rings. The van der Waals surface area contributed by atoms with Crippen LogP contribution in [0.5, 0.6) is 0 Å². The number of amides is 1. The predicted molar refractivity (Wildman–Crippen MR) is 106 cm³/mol. The minimum absolute atomic E-state index is 0.167. The van der Waals surface area contributed by atoms with Gasteiger partial charge in [-0.15, -0.1) is 0 Å². The van der Waals surface area contributed by atoms with E-state index in [2.05, 4.69) is 27.4 Å². The number of piperidine rings is 1. The van der Waals surface area contributed by atoms with Crippen LogP contribution in [-0.2, 0) is 4.79 Å². The highest BCUT2D eigenvalue weighted by atomic mass is 16.1. The number of nitrogens with one attached hydrogen (secondary N) is 2. The first-order chi connectivity index (χ1) is 12.7. The van der Waals surface area contributed by atoms with E-state index in [1.54, 1.807) is 7.05 Å². The van der Waals surface area contributed by atoms with Gasteiger partial charge in [0.25, 0.3) is 0 Å². The van der Waals surface area contributed by atoms with Gasteiger partial charge in [-0.05, 0) is 57.3 Å². The summed E-state index contributed by atoms with van der Waals surface area (Å²) in [5, 5.41) is 6.21. The zero-order valence-electron chi connectivity index (χ0n) is 16.7. The zero-order valence-corrected chi connectivity index (χ0v) is 16.7. The summed E-state index contributed by atoms with van der Waals surface area (Å²) in [6, 6.07) is 0.842. The highest BCUT2D eigenvalue weighted by Gasteiger charge is 2.33. The van der Waals surface area contributed by atoms with Gasteiger partial charge in [-0.2, -0.15) is 0 Å². The van der Waals surface area contributed by atoms with Crippen LogP contribution in [0.3, 0.4) is 0 Å². The molecule has 6 nitrogen and oxygen atoms in total. The van der Waals surface area contributed by atoms with Crippen molar-refractivity contribution in [2.45, 2.75) is 57.9 Å². The third-order valence-electron chi connectivity index (χ3n) is 5.90. The molecule has 0 aromatic rings. The van der Waals surface area contributed by atoms with Crippen LogP contribution in [0.4, 0.5) is 0 Å². The van der Waals surface area contributed by atoms with Crippen LogP contribution in [0.25, 0.3) is 0 Å². The van der Waals surface area contributed by atoms with Crippen LogP contribution in [0.2, 0.25) is 0 Å². The molecule has 2 saturated carbocycles. The van der Waals surface area contributed by atoms with E-state index in [-0.39, 0.29) is 5.91 Å². The minimum Gasteiger partial charge on any atom is -0.359 e. The average molecular weight is 364 g/mol. The lowest BCUT2D eigenvalue weighted by Crippen LogP contribution is -2.46. The minimum atomic E-state index is 0.167. The second-order valence-electron chi connectivity index (χ2n) is 8.21. The van der Waals surface area contributed by atoms with Crippen molar-refractivity contribution in [1.82, 2.24) is 20.4 Å². The Balaban J connectivity index is 1.45. The van der Waals surface area contributed by atoms with Crippen LogP contribution in [0, 0.1) is 11.8 Å². The van der Waals surface area contributed by atoms with E-state index in [9.17, 15) is 4.79 Å². The molecule has 0 atom stereocenters. The first-order valence-electron chi connectivity index (χ1n) is 10.7. The molecule has 2 aliphatic carbocycles. The van der Waals surface area contributed by atoms with Crippen molar-refractivity contribution in [2.24, 2.45) is 16.8 Å². The molecule has 6 heteroatoms. The van der Waals surface area contributed by atoms with Gasteiger partial charge < -0.3 is 15.5 Å². The number of carbonyl (C=O) groups is 1. The maximum atomic E-state index is 11.6. The highest BCUT2D eigenvalue weighted by Crippen LogP contribution is 2.34. The van der Waals surface area contributed by atoms with Crippen molar-refractivity contribution in [3.63, 3.8) is 0 Å². The highest BCUT2D eigenvalue weighted by molar-refractivity contribution is 5.80. The van der Waals surface area contributed by atoms with E-state index >= 15 is 0 Å². The van der Waals surface area contributed by atoms with Crippen LogP contribution >= 0.6 is 0 Å². The number of aliphatic imine (C=N–C) groups is 1. The van der Waals surface area contributed by atoms with Crippen molar-refractivity contribution >= 4 is 11.9 Å². The van der Waals surface area contributed by atoms with E-state index in [0.717, 1.165) is 63.5 Å². The molecule has 3 rings (SSSR count). The maximum absolute atomic E-state index is 11.6. The summed E-state index contributed by atoms with van der Waals surface area (Å²) >= 11 is 0. The van der Waals surface area contributed by atoms with Gasteiger partial charge in [0, 0.05) is 52.2 Å². The van der Waals surface area contributed by atoms with Gasteiger partial charge >= 0.3 is 0 Å². The third-order valence-corrected chi connectivity index (χ3v) is 5.90. The molecule has 0 radical (unpaired) electrons. The van der Waals surface area contributed by atoms with Gasteiger partial charge in [-0.1, -0.05) is 0 Å². The molecule has 1 heterocycles. The molecular formula is C20H37N5O. The number of nitrogens with zero attached hydrogens (tertiary/aromatic N) is 3. The molecule has 26 heavy (non-hydrogen) atoms.